The first kappa shape index (κ1) is 28.3. The second kappa shape index (κ2) is 12.8. The van der Waals surface area contributed by atoms with Crippen molar-refractivity contribution in [2.75, 3.05) is 31.9 Å². The van der Waals surface area contributed by atoms with Gasteiger partial charge in [0.15, 0.2) is 0 Å². The van der Waals surface area contributed by atoms with E-state index in [1.807, 2.05) is 72.2 Å². The van der Waals surface area contributed by atoms with E-state index in [4.69, 9.17) is 0 Å². The molecule has 1 aliphatic heterocycles. The molecule has 1 fully saturated rings. The van der Waals surface area contributed by atoms with E-state index in [2.05, 4.69) is 15.9 Å². The number of benzene rings is 2. The fourth-order valence-electron chi connectivity index (χ4n) is 4.57. The first-order chi connectivity index (χ1) is 17.2. The third kappa shape index (κ3) is 7.17. The molecule has 0 aliphatic carbocycles. The minimum absolute atomic E-state index is 0.0188. The molecule has 0 atom stereocenters. The van der Waals surface area contributed by atoms with Gasteiger partial charge < -0.3 is 9.80 Å². The smallest absolute Gasteiger partial charge is 0.253 e. The number of sulfonamides is 1. The number of hydrogen-bond acceptors (Lipinski definition) is 4. The molecule has 0 saturated carbocycles. The summed E-state index contributed by atoms with van der Waals surface area (Å²) in [4.78, 5) is 30.3. The van der Waals surface area contributed by atoms with Crippen molar-refractivity contribution in [2.24, 2.45) is 0 Å². The molecule has 7 nitrogen and oxygen atoms in total. The van der Waals surface area contributed by atoms with Crippen LogP contribution in [0.4, 0.5) is 0 Å². The van der Waals surface area contributed by atoms with Crippen LogP contribution in [0.5, 0.6) is 0 Å². The van der Waals surface area contributed by atoms with E-state index in [1.165, 1.54) is 4.31 Å². The van der Waals surface area contributed by atoms with E-state index in [1.54, 1.807) is 6.92 Å². The molecule has 1 aliphatic rings. The van der Waals surface area contributed by atoms with E-state index in [0.717, 1.165) is 15.6 Å². The SMILES string of the molecule is CCCN(CC(=O)N(Cc1ccccc1C)C1CCN(C(=O)c2cccc(Br)c2)CC1)S(=O)(=O)CC. The Balaban J connectivity index is 1.78. The number of halogens is 1. The Morgan fingerprint density at radius 1 is 1.06 bits per heavy atom. The summed E-state index contributed by atoms with van der Waals surface area (Å²) < 4.78 is 27.4. The van der Waals surface area contributed by atoms with E-state index < -0.39 is 10.0 Å². The Hall–Kier alpha value is -2.23. The predicted octanol–water partition coefficient (Wildman–Crippen LogP) is 4.45. The molecule has 0 aromatic heterocycles. The zero-order chi connectivity index (χ0) is 26.3. The molecule has 0 spiro atoms. The Morgan fingerprint density at radius 3 is 2.36 bits per heavy atom. The van der Waals surface area contributed by atoms with Gasteiger partial charge in [0.1, 0.15) is 0 Å². The normalized spacial score (nSPS) is 14.8. The molecule has 0 N–H and O–H groups in total. The van der Waals surface area contributed by atoms with Gasteiger partial charge >= 0.3 is 0 Å². The molecule has 2 amide bonds. The minimum Gasteiger partial charge on any atom is -0.338 e. The third-order valence-electron chi connectivity index (χ3n) is 6.73. The summed E-state index contributed by atoms with van der Waals surface area (Å²) in [7, 11) is -3.49. The van der Waals surface area contributed by atoms with Gasteiger partial charge in [-0.15, -0.1) is 0 Å². The molecular formula is C27H36BrN3O4S. The largest absolute Gasteiger partial charge is 0.338 e. The number of piperidine rings is 1. The molecule has 1 saturated heterocycles. The monoisotopic (exact) mass is 577 g/mol. The highest BCUT2D eigenvalue weighted by atomic mass is 79.9. The van der Waals surface area contributed by atoms with E-state index >= 15 is 0 Å². The maximum absolute atomic E-state index is 13.6. The quantitative estimate of drug-likeness (QED) is 0.418. The first-order valence-corrected chi connectivity index (χ1v) is 14.9. The number of nitrogens with zero attached hydrogens (tertiary/aromatic N) is 3. The summed E-state index contributed by atoms with van der Waals surface area (Å²) in [5.74, 6) is -0.246. The van der Waals surface area contributed by atoms with Gasteiger partial charge in [0, 0.05) is 42.3 Å². The number of amides is 2. The van der Waals surface area contributed by atoms with Gasteiger partial charge in [-0.3, -0.25) is 9.59 Å². The molecule has 0 unspecified atom stereocenters. The Kier molecular flexibility index (Phi) is 10.1. The summed E-state index contributed by atoms with van der Waals surface area (Å²) in [6, 6.07) is 15.2. The zero-order valence-corrected chi connectivity index (χ0v) is 23.7. The number of rotatable bonds is 10. The van der Waals surface area contributed by atoms with Crippen molar-refractivity contribution < 1.29 is 18.0 Å². The highest BCUT2D eigenvalue weighted by Gasteiger charge is 2.32. The van der Waals surface area contributed by atoms with Gasteiger partial charge in [-0.25, -0.2) is 8.42 Å². The molecule has 9 heteroatoms. The maximum Gasteiger partial charge on any atom is 0.253 e. The Bertz CT molecular complexity index is 1160. The molecule has 36 heavy (non-hydrogen) atoms. The fraction of sp³-hybridized carbons (Fsp3) is 0.481. The molecule has 2 aromatic rings. The van der Waals surface area contributed by atoms with Gasteiger partial charge in [0.2, 0.25) is 15.9 Å². The lowest BCUT2D eigenvalue weighted by atomic mass is 10.00. The van der Waals surface area contributed by atoms with Gasteiger partial charge in [0.25, 0.3) is 5.91 Å². The number of aryl methyl sites for hydroxylation is 1. The lowest BCUT2D eigenvalue weighted by molar-refractivity contribution is -0.135. The molecule has 2 aromatic carbocycles. The number of carbonyl (C=O) groups is 2. The van der Waals surface area contributed by atoms with Crippen LogP contribution in [0.1, 0.15) is 54.6 Å². The highest BCUT2D eigenvalue weighted by Crippen LogP contribution is 2.23. The van der Waals surface area contributed by atoms with Crippen molar-refractivity contribution in [1.29, 1.82) is 0 Å². The van der Waals surface area contributed by atoms with Crippen molar-refractivity contribution in [3.8, 4) is 0 Å². The van der Waals surface area contributed by atoms with Crippen molar-refractivity contribution in [2.45, 2.75) is 52.6 Å². The van der Waals surface area contributed by atoms with Gasteiger partial charge in [0.05, 0.1) is 12.3 Å². The molecule has 196 valence electrons. The van der Waals surface area contributed by atoms with Gasteiger partial charge in [-0.05, 0) is 62.4 Å². The highest BCUT2D eigenvalue weighted by molar-refractivity contribution is 9.10. The van der Waals surface area contributed by atoms with Crippen LogP contribution in [0.15, 0.2) is 53.0 Å². The summed E-state index contributed by atoms with van der Waals surface area (Å²) in [5.41, 5.74) is 2.76. The number of likely N-dealkylation sites (tertiary alicyclic amines) is 1. The average molecular weight is 579 g/mol. The van der Waals surface area contributed by atoms with Crippen molar-refractivity contribution in [3.63, 3.8) is 0 Å². The fourth-order valence-corrected chi connectivity index (χ4v) is 6.10. The van der Waals surface area contributed by atoms with Crippen LogP contribution < -0.4 is 0 Å². The second-order valence-corrected chi connectivity index (χ2v) is 12.4. The Labute approximate surface area is 223 Å². The standard InChI is InChI=1S/C27H36BrN3O4S/c1-4-15-30(36(34,35)5-2)20-26(32)31(19-23-10-7-6-9-21(23)3)25-13-16-29(17-14-25)27(33)22-11-8-12-24(28)18-22/h6-12,18,25H,4-5,13-17,19-20H2,1-3H3. The van der Waals surface area contributed by atoms with Crippen LogP contribution in [0.3, 0.4) is 0 Å². The van der Waals surface area contributed by atoms with Crippen molar-refractivity contribution in [3.05, 3.63) is 69.7 Å². The van der Waals surface area contributed by atoms with E-state index in [9.17, 15) is 18.0 Å². The summed E-state index contributed by atoms with van der Waals surface area (Å²) in [6.45, 7) is 7.19. The summed E-state index contributed by atoms with van der Waals surface area (Å²) in [5, 5.41) is 0. The minimum atomic E-state index is -3.49. The summed E-state index contributed by atoms with van der Waals surface area (Å²) in [6.07, 6.45) is 1.93. The topological polar surface area (TPSA) is 78.0 Å². The molecular weight excluding hydrogens is 542 g/mol. The Morgan fingerprint density at radius 2 is 1.75 bits per heavy atom. The lowest BCUT2D eigenvalue weighted by Gasteiger charge is -2.39. The van der Waals surface area contributed by atoms with Gasteiger partial charge in [-0.2, -0.15) is 4.31 Å². The summed E-state index contributed by atoms with van der Waals surface area (Å²) >= 11 is 3.42. The maximum atomic E-state index is 13.6. The second-order valence-electron chi connectivity index (χ2n) is 9.22. The molecule has 1 heterocycles. The van der Waals surface area contributed by atoms with Crippen LogP contribution >= 0.6 is 15.9 Å². The lowest BCUT2D eigenvalue weighted by Crippen LogP contribution is -2.51. The number of carbonyl (C=O) groups excluding carboxylic acids is 2. The van der Waals surface area contributed by atoms with Gasteiger partial charge in [-0.1, -0.05) is 53.2 Å². The van der Waals surface area contributed by atoms with Crippen LogP contribution in [0, 0.1) is 6.92 Å². The molecule has 0 radical (unpaired) electrons. The third-order valence-corrected chi connectivity index (χ3v) is 9.05. The predicted molar refractivity (Wildman–Crippen MR) is 146 cm³/mol. The molecule has 3 rings (SSSR count). The first-order valence-electron chi connectivity index (χ1n) is 12.5. The average Bonchev–Trinajstić information content (AvgIpc) is 2.87. The van der Waals surface area contributed by atoms with E-state index in [-0.39, 0.29) is 30.2 Å². The van der Waals surface area contributed by atoms with E-state index in [0.29, 0.717) is 51.0 Å². The zero-order valence-electron chi connectivity index (χ0n) is 21.3. The molecule has 0 bridgehead atoms. The van der Waals surface area contributed by atoms with Crippen molar-refractivity contribution >= 4 is 37.8 Å². The van der Waals surface area contributed by atoms with Crippen LogP contribution in [-0.4, -0.2) is 72.3 Å². The van der Waals surface area contributed by atoms with Crippen LogP contribution in [-0.2, 0) is 21.4 Å². The van der Waals surface area contributed by atoms with Crippen molar-refractivity contribution in [1.82, 2.24) is 14.1 Å². The number of hydrogen-bond donors (Lipinski definition) is 0. The van der Waals surface area contributed by atoms with Crippen LogP contribution in [0.2, 0.25) is 0 Å². The van der Waals surface area contributed by atoms with Crippen LogP contribution in [0.25, 0.3) is 0 Å².